The van der Waals surface area contributed by atoms with Crippen LogP contribution in [0.5, 0.6) is 5.75 Å². The van der Waals surface area contributed by atoms with Crippen LogP contribution in [-0.4, -0.2) is 25.2 Å². The first kappa shape index (κ1) is 14.9. The van der Waals surface area contributed by atoms with E-state index in [1.807, 2.05) is 42.5 Å². The van der Waals surface area contributed by atoms with E-state index in [4.69, 9.17) is 9.47 Å². The lowest BCUT2D eigenvalue weighted by Gasteiger charge is -2.06. The van der Waals surface area contributed by atoms with E-state index in [1.165, 1.54) is 7.11 Å². The monoisotopic (exact) mass is 407 g/mol. The minimum Gasteiger partial charge on any atom is -0.497 e. The first-order valence-corrected chi connectivity index (χ1v) is 7.76. The van der Waals surface area contributed by atoms with Gasteiger partial charge in [-0.05, 0) is 51.9 Å². The molecule has 2 aromatic carbocycles. The Bertz CT molecular complexity index is 837. The maximum atomic E-state index is 11.9. The van der Waals surface area contributed by atoms with Gasteiger partial charge in [-0.2, -0.15) is 0 Å². The van der Waals surface area contributed by atoms with E-state index < -0.39 is 0 Å². The average molecular weight is 407 g/mol. The number of esters is 1. The molecule has 3 rings (SSSR count). The Hall–Kier alpha value is -2.02. The molecule has 0 saturated carbocycles. The highest BCUT2D eigenvalue weighted by atomic mass is 127. The van der Waals surface area contributed by atoms with Crippen LogP contribution in [0.2, 0.25) is 0 Å². The van der Waals surface area contributed by atoms with Crippen LogP contribution in [0.25, 0.3) is 22.0 Å². The van der Waals surface area contributed by atoms with E-state index in [-0.39, 0.29) is 5.97 Å². The number of rotatable bonds is 3. The Kier molecular flexibility index (Phi) is 4.06. The summed E-state index contributed by atoms with van der Waals surface area (Å²) >= 11 is 2.18. The van der Waals surface area contributed by atoms with Gasteiger partial charge in [0.1, 0.15) is 11.4 Å². The zero-order valence-corrected chi connectivity index (χ0v) is 14.3. The van der Waals surface area contributed by atoms with Gasteiger partial charge in [0.2, 0.25) is 0 Å². The molecule has 0 aliphatic rings. The molecule has 0 spiro atoms. The van der Waals surface area contributed by atoms with Crippen molar-refractivity contribution in [2.45, 2.75) is 0 Å². The number of fused-ring (bicyclic) bond motifs is 1. The number of H-pyrrole nitrogens is 1. The molecule has 0 amide bonds. The van der Waals surface area contributed by atoms with E-state index in [1.54, 1.807) is 7.11 Å². The van der Waals surface area contributed by atoms with Crippen molar-refractivity contribution in [1.82, 2.24) is 4.98 Å². The second-order valence-electron chi connectivity index (χ2n) is 4.76. The van der Waals surface area contributed by atoms with E-state index in [9.17, 15) is 4.79 Å². The molecule has 1 heterocycles. The lowest BCUT2D eigenvalue weighted by atomic mass is 10.0. The molecule has 4 nitrogen and oxygen atoms in total. The van der Waals surface area contributed by atoms with Gasteiger partial charge in [0.15, 0.2) is 0 Å². The lowest BCUT2D eigenvalue weighted by molar-refractivity contribution is 0.0594. The summed E-state index contributed by atoms with van der Waals surface area (Å²) in [5, 5.41) is 1.02. The molecule has 3 aromatic rings. The molecule has 112 valence electrons. The topological polar surface area (TPSA) is 51.3 Å². The number of halogens is 1. The number of hydrogen-bond donors (Lipinski definition) is 1. The summed E-state index contributed by atoms with van der Waals surface area (Å²) in [7, 11) is 3.03. The molecular weight excluding hydrogens is 393 g/mol. The molecular formula is C17H14INO3. The molecule has 0 fully saturated rings. The second kappa shape index (κ2) is 6.00. The average Bonchev–Trinajstić information content (AvgIpc) is 2.91. The van der Waals surface area contributed by atoms with Crippen molar-refractivity contribution in [3.63, 3.8) is 0 Å². The Morgan fingerprint density at radius 1 is 1.09 bits per heavy atom. The van der Waals surface area contributed by atoms with Crippen molar-refractivity contribution in [2.75, 3.05) is 14.2 Å². The molecule has 0 bridgehead atoms. The van der Waals surface area contributed by atoms with Gasteiger partial charge in [-0.1, -0.05) is 24.3 Å². The molecule has 0 atom stereocenters. The van der Waals surface area contributed by atoms with Crippen molar-refractivity contribution in [3.05, 3.63) is 51.7 Å². The Morgan fingerprint density at radius 3 is 2.45 bits per heavy atom. The van der Waals surface area contributed by atoms with Crippen LogP contribution in [0.15, 0.2) is 42.5 Å². The quantitative estimate of drug-likeness (QED) is 0.522. The standard InChI is InChI=1S/C17H14INO3/c1-21-11-8-6-10(7-9-11)12-4-3-5-13-14(12)15(18)16(19-13)17(20)22-2/h3-9,19H,1-2H3. The number of aromatic amines is 1. The second-order valence-corrected chi connectivity index (χ2v) is 5.84. The molecule has 0 radical (unpaired) electrons. The molecule has 5 heteroatoms. The Balaban J connectivity index is 2.21. The lowest BCUT2D eigenvalue weighted by Crippen LogP contribution is -2.03. The smallest absolute Gasteiger partial charge is 0.355 e. The van der Waals surface area contributed by atoms with Crippen LogP contribution in [0, 0.1) is 3.57 Å². The van der Waals surface area contributed by atoms with Crippen molar-refractivity contribution < 1.29 is 14.3 Å². The molecule has 0 unspecified atom stereocenters. The largest absolute Gasteiger partial charge is 0.497 e. The van der Waals surface area contributed by atoms with E-state index in [0.29, 0.717) is 5.69 Å². The molecule has 22 heavy (non-hydrogen) atoms. The van der Waals surface area contributed by atoms with Gasteiger partial charge in [-0.25, -0.2) is 4.79 Å². The minimum absolute atomic E-state index is 0.360. The minimum atomic E-state index is -0.360. The summed E-state index contributed by atoms with van der Waals surface area (Å²) in [4.78, 5) is 15.0. The summed E-state index contributed by atoms with van der Waals surface area (Å²) in [6, 6.07) is 13.8. The number of ether oxygens (including phenoxy) is 2. The van der Waals surface area contributed by atoms with Crippen molar-refractivity contribution in [2.24, 2.45) is 0 Å². The molecule has 0 aliphatic carbocycles. The third-order valence-electron chi connectivity index (χ3n) is 3.55. The maximum Gasteiger partial charge on any atom is 0.355 e. The van der Waals surface area contributed by atoms with Gasteiger partial charge < -0.3 is 14.5 Å². The highest BCUT2D eigenvalue weighted by Crippen LogP contribution is 2.34. The van der Waals surface area contributed by atoms with Crippen LogP contribution in [-0.2, 0) is 4.74 Å². The van der Waals surface area contributed by atoms with Crippen molar-refractivity contribution in [1.29, 1.82) is 0 Å². The van der Waals surface area contributed by atoms with Gasteiger partial charge in [0.05, 0.1) is 17.8 Å². The summed E-state index contributed by atoms with van der Waals surface area (Å²) in [5.41, 5.74) is 3.54. The normalized spacial score (nSPS) is 10.7. The predicted molar refractivity (Wildman–Crippen MR) is 94.3 cm³/mol. The summed E-state index contributed by atoms with van der Waals surface area (Å²) in [6.45, 7) is 0. The molecule has 0 saturated heterocycles. The van der Waals surface area contributed by atoms with Crippen LogP contribution in [0.3, 0.4) is 0 Å². The Labute approximate surface area is 141 Å². The fourth-order valence-corrected chi connectivity index (χ4v) is 3.40. The fraction of sp³-hybridized carbons (Fsp3) is 0.118. The van der Waals surface area contributed by atoms with Crippen molar-refractivity contribution in [3.8, 4) is 16.9 Å². The van der Waals surface area contributed by atoms with E-state index in [2.05, 4.69) is 27.6 Å². The van der Waals surface area contributed by atoms with Crippen LogP contribution >= 0.6 is 22.6 Å². The molecule has 1 aromatic heterocycles. The number of aromatic nitrogens is 1. The van der Waals surface area contributed by atoms with Gasteiger partial charge >= 0.3 is 5.97 Å². The number of benzene rings is 2. The SMILES string of the molecule is COC(=O)c1[nH]c2cccc(-c3ccc(OC)cc3)c2c1I. The number of nitrogens with one attached hydrogen (secondary N) is 1. The summed E-state index contributed by atoms with van der Waals surface area (Å²) in [6.07, 6.45) is 0. The highest BCUT2D eigenvalue weighted by Gasteiger charge is 2.18. The Morgan fingerprint density at radius 2 is 1.82 bits per heavy atom. The van der Waals surface area contributed by atoms with Crippen LogP contribution < -0.4 is 4.74 Å². The zero-order valence-electron chi connectivity index (χ0n) is 12.1. The zero-order chi connectivity index (χ0) is 15.7. The number of methoxy groups -OCH3 is 2. The van der Waals surface area contributed by atoms with Crippen LogP contribution in [0.1, 0.15) is 10.5 Å². The van der Waals surface area contributed by atoms with Crippen LogP contribution in [0.4, 0.5) is 0 Å². The van der Waals surface area contributed by atoms with E-state index in [0.717, 1.165) is 31.3 Å². The number of hydrogen-bond acceptors (Lipinski definition) is 3. The number of carbonyl (C=O) groups excluding carboxylic acids is 1. The van der Waals surface area contributed by atoms with Gasteiger partial charge in [-0.3, -0.25) is 0 Å². The molecule has 0 aliphatic heterocycles. The molecule has 1 N–H and O–H groups in total. The van der Waals surface area contributed by atoms with Gasteiger partial charge in [-0.15, -0.1) is 0 Å². The third-order valence-corrected chi connectivity index (χ3v) is 4.63. The first-order valence-electron chi connectivity index (χ1n) is 6.68. The first-order chi connectivity index (χ1) is 10.7. The predicted octanol–water partition coefficient (Wildman–Crippen LogP) is 4.23. The number of carbonyl (C=O) groups is 1. The highest BCUT2D eigenvalue weighted by molar-refractivity contribution is 14.1. The summed E-state index contributed by atoms with van der Waals surface area (Å²) in [5.74, 6) is 0.455. The van der Waals surface area contributed by atoms with Gasteiger partial charge in [0, 0.05) is 10.9 Å². The third kappa shape index (κ3) is 2.45. The maximum absolute atomic E-state index is 11.9. The van der Waals surface area contributed by atoms with Gasteiger partial charge in [0.25, 0.3) is 0 Å². The summed E-state index contributed by atoms with van der Waals surface area (Å²) < 4.78 is 10.9. The van der Waals surface area contributed by atoms with E-state index >= 15 is 0 Å². The fourth-order valence-electron chi connectivity index (χ4n) is 2.46. The van der Waals surface area contributed by atoms with Crippen molar-refractivity contribution >= 4 is 39.5 Å².